The molecule has 0 spiro atoms. The van der Waals surface area contributed by atoms with Crippen molar-refractivity contribution in [1.29, 1.82) is 0 Å². The quantitative estimate of drug-likeness (QED) is 0.684. The summed E-state index contributed by atoms with van der Waals surface area (Å²) in [6.45, 7) is 6.93. The first-order chi connectivity index (χ1) is 8.09. The minimum Gasteiger partial charge on any atom is -0.314 e. The number of nitrogens with zero attached hydrogens (tertiary/aromatic N) is 2. The van der Waals surface area contributed by atoms with E-state index in [1.165, 1.54) is 32.2 Å². The van der Waals surface area contributed by atoms with Gasteiger partial charge < -0.3 is 15.1 Å². The van der Waals surface area contributed by atoms with Crippen molar-refractivity contribution in [3.63, 3.8) is 0 Å². The third-order valence-corrected chi connectivity index (χ3v) is 3.91. The van der Waals surface area contributed by atoms with Gasteiger partial charge in [0.1, 0.15) is 0 Å². The molecule has 0 bridgehead atoms. The lowest BCUT2D eigenvalue weighted by atomic mass is 9.86. The van der Waals surface area contributed by atoms with Crippen molar-refractivity contribution in [3.05, 3.63) is 0 Å². The molecule has 0 aliphatic heterocycles. The molecule has 0 heterocycles. The molecule has 17 heavy (non-hydrogen) atoms. The van der Waals surface area contributed by atoms with Crippen LogP contribution in [0.15, 0.2) is 0 Å². The molecule has 0 aromatic rings. The highest BCUT2D eigenvalue weighted by molar-refractivity contribution is 4.77. The number of hydrogen-bond donors (Lipinski definition) is 1. The highest BCUT2D eigenvalue weighted by Gasteiger charge is 2.21. The van der Waals surface area contributed by atoms with Crippen LogP contribution < -0.4 is 5.32 Å². The summed E-state index contributed by atoms with van der Waals surface area (Å²) in [7, 11) is 6.53. The maximum Gasteiger partial charge on any atom is 0.0107 e. The van der Waals surface area contributed by atoms with E-state index in [1.807, 2.05) is 0 Å². The molecule has 102 valence electrons. The maximum atomic E-state index is 3.51. The standard InChI is InChI=1S/C14H31N3/c1-13-6-5-7-14(12-13)17(4)11-9-15-8-10-16(2)3/h13-15H,5-12H2,1-4H3. The molecular weight excluding hydrogens is 210 g/mol. The lowest BCUT2D eigenvalue weighted by molar-refractivity contribution is 0.164. The van der Waals surface area contributed by atoms with Gasteiger partial charge in [0.15, 0.2) is 0 Å². The lowest BCUT2D eigenvalue weighted by Crippen LogP contribution is -2.40. The smallest absolute Gasteiger partial charge is 0.0107 e. The Kier molecular flexibility index (Phi) is 7.09. The molecule has 0 amide bonds. The monoisotopic (exact) mass is 241 g/mol. The summed E-state index contributed by atoms with van der Waals surface area (Å²) in [6.07, 6.45) is 5.66. The predicted octanol–water partition coefficient (Wildman–Crippen LogP) is 1.65. The van der Waals surface area contributed by atoms with Crippen molar-refractivity contribution in [2.75, 3.05) is 47.3 Å². The molecule has 0 aromatic carbocycles. The fourth-order valence-electron chi connectivity index (χ4n) is 2.67. The van der Waals surface area contributed by atoms with Crippen molar-refractivity contribution in [1.82, 2.24) is 15.1 Å². The average molecular weight is 241 g/mol. The first-order valence-electron chi connectivity index (χ1n) is 7.15. The summed E-state index contributed by atoms with van der Waals surface area (Å²) in [5.41, 5.74) is 0. The van der Waals surface area contributed by atoms with Crippen LogP contribution in [0, 0.1) is 5.92 Å². The summed E-state index contributed by atoms with van der Waals surface area (Å²) in [5.74, 6) is 0.929. The van der Waals surface area contributed by atoms with Crippen LogP contribution in [0.2, 0.25) is 0 Å². The summed E-state index contributed by atoms with van der Waals surface area (Å²) in [6, 6.07) is 0.828. The van der Waals surface area contributed by atoms with Gasteiger partial charge in [-0.2, -0.15) is 0 Å². The highest BCUT2D eigenvalue weighted by Crippen LogP contribution is 2.26. The Hall–Kier alpha value is -0.120. The van der Waals surface area contributed by atoms with Crippen molar-refractivity contribution in [3.8, 4) is 0 Å². The zero-order chi connectivity index (χ0) is 12.7. The SMILES string of the molecule is CC1CCCC(N(C)CCNCCN(C)C)C1. The molecule has 2 atom stereocenters. The fraction of sp³-hybridized carbons (Fsp3) is 1.00. The van der Waals surface area contributed by atoms with Crippen LogP contribution in [-0.4, -0.2) is 63.2 Å². The molecule has 1 aliphatic rings. The van der Waals surface area contributed by atoms with Crippen LogP contribution in [0.3, 0.4) is 0 Å². The predicted molar refractivity (Wildman–Crippen MR) is 75.5 cm³/mol. The van der Waals surface area contributed by atoms with Crippen LogP contribution in [0.1, 0.15) is 32.6 Å². The summed E-state index contributed by atoms with van der Waals surface area (Å²) < 4.78 is 0. The summed E-state index contributed by atoms with van der Waals surface area (Å²) >= 11 is 0. The van der Waals surface area contributed by atoms with Crippen molar-refractivity contribution in [2.24, 2.45) is 5.92 Å². The van der Waals surface area contributed by atoms with Crippen molar-refractivity contribution < 1.29 is 0 Å². The Morgan fingerprint density at radius 3 is 2.41 bits per heavy atom. The molecule has 3 nitrogen and oxygen atoms in total. The largest absolute Gasteiger partial charge is 0.314 e. The molecule has 0 saturated heterocycles. The summed E-state index contributed by atoms with van der Waals surface area (Å²) in [5, 5.41) is 3.51. The number of hydrogen-bond acceptors (Lipinski definition) is 3. The van der Waals surface area contributed by atoms with E-state index in [0.29, 0.717) is 0 Å². The second kappa shape index (κ2) is 8.06. The van der Waals surface area contributed by atoms with Crippen LogP contribution in [0.4, 0.5) is 0 Å². The number of nitrogens with one attached hydrogen (secondary N) is 1. The minimum absolute atomic E-state index is 0.828. The molecule has 1 N–H and O–H groups in total. The minimum atomic E-state index is 0.828. The molecule has 1 aliphatic carbocycles. The molecule has 0 radical (unpaired) electrons. The van der Waals surface area contributed by atoms with Crippen LogP contribution in [0.5, 0.6) is 0 Å². The lowest BCUT2D eigenvalue weighted by Gasteiger charge is -2.34. The Labute approximate surface area is 108 Å². The van der Waals surface area contributed by atoms with Gasteiger partial charge in [0, 0.05) is 32.2 Å². The van der Waals surface area contributed by atoms with E-state index in [-0.39, 0.29) is 0 Å². The first-order valence-corrected chi connectivity index (χ1v) is 7.15. The van der Waals surface area contributed by atoms with Gasteiger partial charge in [0.25, 0.3) is 0 Å². The van der Waals surface area contributed by atoms with E-state index in [9.17, 15) is 0 Å². The molecule has 1 fully saturated rings. The molecule has 0 aromatic heterocycles. The molecular formula is C14H31N3. The van der Waals surface area contributed by atoms with E-state index >= 15 is 0 Å². The Morgan fingerprint density at radius 1 is 1.06 bits per heavy atom. The van der Waals surface area contributed by atoms with Gasteiger partial charge in [-0.3, -0.25) is 0 Å². The van der Waals surface area contributed by atoms with E-state index in [2.05, 4.69) is 43.2 Å². The molecule has 1 saturated carbocycles. The summed E-state index contributed by atoms with van der Waals surface area (Å²) in [4.78, 5) is 4.78. The second-order valence-electron chi connectivity index (χ2n) is 5.96. The third kappa shape index (κ3) is 6.39. The van der Waals surface area contributed by atoms with Crippen LogP contribution >= 0.6 is 0 Å². The molecule has 3 heteroatoms. The van der Waals surface area contributed by atoms with Crippen molar-refractivity contribution in [2.45, 2.75) is 38.6 Å². The van der Waals surface area contributed by atoms with E-state index in [0.717, 1.165) is 31.6 Å². The Morgan fingerprint density at radius 2 is 1.76 bits per heavy atom. The fourth-order valence-corrected chi connectivity index (χ4v) is 2.67. The van der Waals surface area contributed by atoms with Gasteiger partial charge in [-0.15, -0.1) is 0 Å². The highest BCUT2D eigenvalue weighted by atomic mass is 15.1. The van der Waals surface area contributed by atoms with Gasteiger partial charge >= 0.3 is 0 Å². The third-order valence-electron chi connectivity index (χ3n) is 3.91. The number of likely N-dealkylation sites (N-methyl/N-ethyl adjacent to an activating group) is 2. The maximum absolute atomic E-state index is 3.51. The Balaban J connectivity index is 2.05. The van der Waals surface area contributed by atoms with Crippen LogP contribution in [-0.2, 0) is 0 Å². The normalized spacial score (nSPS) is 25.8. The van der Waals surface area contributed by atoms with Gasteiger partial charge in [-0.1, -0.05) is 19.8 Å². The Bertz CT molecular complexity index is 194. The van der Waals surface area contributed by atoms with E-state index in [4.69, 9.17) is 0 Å². The average Bonchev–Trinajstić information content (AvgIpc) is 2.28. The topological polar surface area (TPSA) is 18.5 Å². The van der Waals surface area contributed by atoms with Crippen molar-refractivity contribution >= 4 is 0 Å². The first kappa shape index (κ1) is 14.9. The zero-order valence-electron chi connectivity index (χ0n) is 12.2. The van der Waals surface area contributed by atoms with Gasteiger partial charge in [0.05, 0.1) is 0 Å². The van der Waals surface area contributed by atoms with E-state index < -0.39 is 0 Å². The van der Waals surface area contributed by atoms with Gasteiger partial charge in [0.2, 0.25) is 0 Å². The number of rotatable bonds is 7. The van der Waals surface area contributed by atoms with Gasteiger partial charge in [-0.25, -0.2) is 0 Å². The van der Waals surface area contributed by atoms with Gasteiger partial charge in [-0.05, 0) is 39.9 Å². The molecule has 2 unspecified atom stereocenters. The molecule has 1 rings (SSSR count). The van der Waals surface area contributed by atoms with E-state index in [1.54, 1.807) is 0 Å². The van der Waals surface area contributed by atoms with Crippen LogP contribution in [0.25, 0.3) is 0 Å². The zero-order valence-corrected chi connectivity index (χ0v) is 12.2. The second-order valence-corrected chi connectivity index (χ2v) is 5.96.